The number of aryl methyl sites for hydroxylation is 1. The smallest absolute Gasteiger partial charge is 0.350 e. The Bertz CT molecular complexity index is 624. The second kappa shape index (κ2) is 9.41. The Kier molecular flexibility index (Phi) is 7.25. The fourth-order valence-electron chi connectivity index (χ4n) is 2.81. The van der Waals surface area contributed by atoms with Crippen molar-refractivity contribution in [1.29, 1.82) is 0 Å². The van der Waals surface area contributed by atoms with E-state index in [2.05, 4.69) is 24.4 Å². The standard InChI is InChI=1S/C21H29NO4/c1-4-5-6-7-8-9-10-16-11-13-17(14-12-16)22-15-18-19(23)25-21(2,3)26-20(18)24/h11-15,22H,4-10H2,1-3H3. The average molecular weight is 359 g/mol. The van der Waals surface area contributed by atoms with Gasteiger partial charge in [0, 0.05) is 25.7 Å². The minimum atomic E-state index is -1.22. The van der Waals surface area contributed by atoms with Crippen molar-refractivity contribution in [3.05, 3.63) is 41.6 Å². The number of benzene rings is 1. The number of carbonyl (C=O) groups is 2. The predicted octanol–water partition coefficient (Wildman–Crippen LogP) is 4.72. The number of carbonyl (C=O) groups excluding carboxylic acids is 2. The molecule has 0 aromatic heterocycles. The van der Waals surface area contributed by atoms with Gasteiger partial charge in [-0.25, -0.2) is 9.59 Å². The highest BCUT2D eigenvalue weighted by Crippen LogP contribution is 2.23. The first-order chi connectivity index (χ1) is 12.4. The van der Waals surface area contributed by atoms with E-state index in [4.69, 9.17) is 9.47 Å². The molecule has 2 rings (SSSR count). The molecule has 1 aliphatic heterocycles. The van der Waals surface area contributed by atoms with E-state index in [0.717, 1.165) is 12.1 Å². The number of unbranched alkanes of at least 4 members (excludes halogenated alkanes) is 5. The SMILES string of the molecule is CCCCCCCCc1ccc(NC=C2C(=O)OC(C)(C)OC2=O)cc1. The zero-order valence-electron chi connectivity index (χ0n) is 16.0. The van der Waals surface area contributed by atoms with Crippen LogP contribution in [-0.2, 0) is 25.5 Å². The molecule has 26 heavy (non-hydrogen) atoms. The summed E-state index contributed by atoms with van der Waals surface area (Å²) in [6.45, 7) is 5.28. The molecule has 1 aromatic carbocycles. The van der Waals surface area contributed by atoms with Gasteiger partial charge in [0.25, 0.3) is 5.79 Å². The number of hydrogen-bond acceptors (Lipinski definition) is 5. The van der Waals surface area contributed by atoms with Crippen LogP contribution in [-0.4, -0.2) is 17.7 Å². The Balaban J connectivity index is 1.82. The quantitative estimate of drug-likeness (QED) is 0.299. The van der Waals surface area contributed by atoms with Crippen LogP contribution in [0, 0.1) is 0 Å². The summed E-state index contributed by atoms with van der Waals surface area (Å²) in [6.07, 6.45) is 10.1. The van der Waals surface area contributed by atoms with Crippen LogP contribution in [0.15, 0.2) is 36.0 Å². The third-order valence-corrected chi connectivity index (χ3v) is 4.27. The molecule has 0 atom stereocenters. The van der Waals surface area contributed by atoms with Gasteiger partial charge in [0.2, 0.25) is 0 Å². The molecule has 0 spiro atoms. The van der Waals surface area contributed by atoms with Gasteiger partial charge in [-0.2, -0.15) is 0 Å². The number of anilines is 1. The zero-order chi connectivity index (χ0) is 19.0. The van der Waals surface area contributed by atoms with E-state index in [-0.39, 0.29) is 5.57 Å². The summed E-state index contributed by atoms with van der Waals surface area (Å²) in [4.78, 5) is 23.8. The fourth-order valence-corrected chi connectivity index (χ4v) is 2.81. The number of rotatable bonds is 9. The predicted molar refractivity (Wildman–Crippen MR) is 101 cm³/mol. The second-order valence-corrected chi connectivity index (χ2v) is 7.10. The van der Waals surface area contributed by atoms with Gasteiger partial charge in [-0.3, -0.25) is 0 Å². The van der Waals surface area contributed by atoms with Crippen molar-refractivity contribution in [2.45, 2.75) is 71.5 Å². The van der Waals surface area contributed by atoms with Gasteiger partial charge in [0.05, 0.1) is 0 Å². The van der Waals surface area contributed by atoms with Gasteiger partial charge < -0.3 is 14.8 Å². The number of ether oxygens (including phenoxy) is 2. The molecule has 1 N–H and O–H groups in total. The highest BCUT2D eigenvalue weighted by Gasteiger charge is 2.38. The van der Waals surface area contributed by atoms with E-state index in [1.807, 2.05) is 12.1 Å². The van der Waals surface area contributed by atoms with E-state index in [0.29, 0.717) is 0 Å². The van der Waals surface area contributed by atoms with Crippen molar-refractivity contribution in [3.63, 3.8) is 0 Å². The monoisotopic (exact) mass is 359 g/mol. The third kappa shape index (κ3) is 6.21. The maximum atomic E-state index is 11.9. The first kappa shape index (κ1) is 20.0. The summed E-state index contributed by atoms with van der Waals surface area (Å²) in [5.74, 6) is -2.58. The van der Waals surface area contributed by atoms with Crippen LogP contribution < -0.4 is 5.32 Å². The molecule has 0 unspecified atom stereocenters. The molecule has 1 aromatic rings. The number of nitrogens with one attached hydrogen (secondary N) is 1. The number of cyclic esters (lactones) is 2. The highest BCUT2D eigenvalue weighted by atomic mass is 16.7. The molecule has 142 valence electrons. The molecule has 0 radical (unpaired) electrons. The summed E-state index contributed by atoms with van der Waals surface area (Å²) in [6, 6.07) is 8.00. The lowest BCUT2D eigenvalue weighted by molar-refractivity contribution is -0.222. The van der Waals surface area contributed by atoms with Crippen LogP contribution in [0.1, 0.15) is 64.9 Å². The molecule has 1 fully saturated rings. The van der Waals surface area contributed by atoms with E-state index < -0.39 is 17.7 Å². The molecule has 0 aliphatic carbocycles. The molecule has 1 heterocycles. The molecular weight excluding hydrogens is 330 g/mol. The number of hydrogen-bond donors (Lipinski definition) is 1. The van der Waals surface area contributed by atoms with Crippen LogP contribution in [0.3, 0.4) is 0 Å². The van der Waals surface area contributed by atoms with Gasteiger partial charge in [-0.05, 0) is 30.5 Å². The van der Waals surface area contributed by atoms with Gasteiger partial charge >= 0.3 is 11.9 Å². The molecular formula is C21H29NO4. The fraction of sp³-hybridized carbons (Fsp3) is 0.524. The lowest BCUT2D eigenvalue weighted by Crippen LogP contribution is -2.42. The third-order valence-electron chi connectivity index (χ3n) is 4.27. The normalized spacial score (nSPS) is 16.0. The summed E-state index contributed by atoms with van der Waals surface area (Å²) >= 11 is 0. The molecule has 1 aliphatic rings. The Morgan fingerprint density at radius 1 is 0.923 bits per heavy atom. The van der Waals surface area contributed by atoms with Crippen molar-refractivity contribution in [2.24, 2.45) is 0 Å². The summed E-state index contributed by atoms with van der Waals surface area (Å²) in [5, 5.41) is 2.96. The Hall–Kier alpha value is -2.30. The Morgan fingerprint density at radius 3 is 2.12 bits per heavy atom. The first-order valence-electron chi connectivity index (χ1n) is 9.43. The van der Waals surface area contributed by atoms with Crippen molar-refractivity contribution in [1.82, 2.24) is 0 Å². The van der Waals surface area contributed by atoms with Crippen molar-refractivity contribution >= 4 is 17.6 Å². The maximum Gasteiger partial charge on any atom is 0.350 e. The van der Waals surface area contributed by atoms with Crippen LogP contribution in [0.25, 0.3) is 0 Å². The van der Waals surface area contributed by atoms with E-state index in [1.54, 1.807) is 0 Å². The molecule has 0 bridgehead atoms. The second-order valence-electron chi connectivity index (χ2n) is 7.10. The molecule has 0 saturated carbocycles. The summed E-state index contributed by atoms with van der Waals surface area (Å²) in [7, 11) is 0. The van der Waals surface area contributed by atoms with E-state index in [1.165, 1.54) is 64.1 Å². The van der Waals surface area contributed by atoms with Crippen LogP contribution >= 0.6 is 0 Å². The lowest BCUT2D eigenvalue weighted by atomic mass is 10.0. The van der Waals surface area contributed by atoms with Gasteiger partial charge in [0.1, 0.15) is 0 Å². The average Bonchev–Trinajstić information content (AvgIpc) is 2.57. The van der Waals surface area contributed by atoms with Gasteiger partial charge in [0.15, 0.2) is 5.57 Å². The van der Waals surface area contributed by atoms with Crippen molar-refractivity contribution < 1.29 is 19.1 Å². The topological polar surface area (TPSA) is 64.6 Å². The van der Waals surface area contributed by atoms with E-state index >= 15 is 0 Å². The molecule has 5 nitrogen and oxygen atoms in total. The summed E-state index contributed by atoms with van der Waals surface area (Å²) < 4.78 is 10.1. The van der Waals surface area contributed by atoms with Gasteiger partial charge in [-0.1, -0.05) is 51.2 Å². The lowest BCUT2D eigenvalue weighted by Gasteiger charge is -2.29. The van der Waals surface area contributed by atoms with Crippen LogP contribution in [0.2, 0.25) is 0 Å². The van der Waals surface area contributed by atoms with Gasteiger partial charge in [-0.15, -0.1) is 0 Å². The summed E-state index contributed by atoms with van der Waals surface area (Å²) in [5.41, 5.74) is 1.95. The van der Waals surface area contributed by atoms with Crippen molar-refractivity contribution in [2.75, 3.05) is 5.32 Å². The minimum Gasteiger partial charge on any atom is -0.419 e. The molecule has 0 amide bonds. The number of esters is 2. The van der Waals surface area contributed by atoms with Crippen LogP contribution in [0.5, 0.6) is 0 Å². The van der Waals surface area contributed by atoms with Crippen molar-refractivity contribution in [3.8, 4) is 0 Å². The first-order valence-corrected chi connectivity index (χ1v) is 9.43. The minimum absolute atomic E-state index is 0.138. The van der Waals surface area contributed by atoms with Crippen LogP contribution in [0.4, 0.5) is 5.69 Å². The largest absolute Gasteiger partial charge is 0.419 e. The highest BCUT2D eigenvalue weighted by molar-refractivity contribution is 6.15. The molecule has 5 heteroatoms. The Labute approximate surface area is 155 Å². The molecule has 1 saturated heterocycles. The zero-order valence-corrected chi connectivity index (χ0v) is 16.0. The van der Waals surface area contributed by atoms with E-state index in [9.17, 15) is 9.59 Å². The maximum absolute atomic E-state index is 11.9. The Morgan fingerprint density at radius 2 is 1.50 bits per heavy atom.